The highest BCUT2D eigenvalue weighted by Gasteiger charge is 2.25. The molecule has 1 fully saturated rings. The number of hydrogen-bond donors (Lipinski definition) is 0. The van der Waals surface area contributed by atoms with Gasteiger partial charge in [-0.3, -0.25) is 9.48 Å². The minimum Gasteiger partial charge on any atom is -0.339 e. The number of carbonyl (C=O) groups is 1. The highest BCUT2D eigenvalue weighted by Crippen LogP contribution is 2.26. The molecule has 2 aromatic heterocycles. The van der Waals surface area contributed by atoms with Crippen LogP contribution >= 0.6 is 0 Å². The molecule has 0 atom stereocenters. The molecule has 0 bridgehead atoms. The van der Waals surface area contributed by atoms with Crippen LogP contribution in [-0.2, 0) is 13.6 Å². The Balaban J connectivity index is 1.41. The Morgan fingerprint density at radius 3 is 2.73 bits per heavy atom. The fourth-order valence-corrected chi connectivity index (χ4v) is 4.16. The van der Waals surface area contributed by atoms with Crippen LogP contribution in [0.15, 0.2) is 42.7 Å². The Labute approximate surface area is 154 Å². The van der Waals surface area contributed by atoms with Crippen molar-refractivity contribution in [3.8, 4) is 0 Å². The number of likely N-dealkylation sites (tertiary alicyclic amines) is 1. The van der Waals surface area contributed by atoms with Crippen molar-refractivity contribution in [3.05, 3.63) is 54.0 Å². The average Bonchev–Trinajstić information content (AvgIpc) is 3.28. The van der Waals surface area contributed by atoms with Gasteiger partial charge in [-0.05, 0) is 49.8 Å². The van der Waals surface area contributed by atoms with E-state index in [4.69, 9.17) is 0 Å². The summed E-state index contributed by atoms with van der Waals surface area (Å²) in [7, 11) is 2.00. The summed E-state index contributed by atoms with van der Waals surface area (Å²) in [5.41, 5.74) is 3.16. The molecule has 3 heterocycles. The first-order valence-electron chi connectivity index (χ1n) is 9.45. The van der Waals surface area contributed by atoms with Gasteiger partial charge in [0.2, 0.25) is 0 Å². The van der Waals surface area contributed by atoms with Gasteiger partial charge in [0, 0.05) is 44.5 Å². The molecule has 0 aliphatic carbocycles. The van der Waals surface area contributed by atoms with Crippen LogP contribution in [-0.4, -0.2) is 38.2 Å². The SMILES string of the molecule is Cc1cccc2cc(C(=O)N3CCC(CCn4cccn4)CC3)n(C)c12. The molecule has 26 heavy (non-hydrogen) atoms. The van der Waals surface area contributed by atoms with E-state index < -0.39 is 0 Å². The van der Waals surface area contributed by atoms with Crippen molar-refractivity contribution in [2.45, 2.75) is 32.7 Å². The van der Waals surface area contributed by atoms with Gasteiger partial charge in [0.25, 0.3) is 5.91 Å². The molecule has 136 valence electrons. The number of piperidine rings is 1. The maximum atomic E-state index is 13.0. The second kappa shape index (κ2) is 6.98. The number of para-hydroxylation sites is 1. The van der Waals surface area contributed by atoms with Crippen molar-refractivity contribution in [3.63, 3.8) is 0 Å². The van der Waals surface area contributed by atoms with Crippen molar-refractivity contribution in [2.75, 3.05) is 13.1 Å². The largest absolute Gasteiger partial charge is 0.339 e. The Morgan fingerprint density at radius 2 is 2.04 bits per heavy atom. The molecule has 1 aromatic carbocycles. The first-order valence-corrected chi connectivity index (χ1v) is 9.45. The highest BCUT2D eigenvalue weighted by atomic mass is 16.2. The summed E-state index contributed by atoms with van der Waals surface area (Å²) >= 11 is 0. The molecule has 0 unspecified atom stereocenters. The van der Waals surface area contributed by atoms with Gasteiger partial charge >= 0.3 is 0 Å². The summed E-state index contributed by atoms with van der Waals surface area (Å²) in [6.07, 6.45) is 7.14. The summed E-state index contributed by atoms with van der Waals surface area (Å²) < 4.78 is 4.05. The van der Waals surface area contributed by atoms with Gasteiger partial charge in [-0.25, -0.2) is 0 Å². The molecule has 4 rings (SSSR count). The summed E-state index contributed by atoms with van der Waals surface area (Å²) in [6, 6.07) is 10.2. The van der Waals surface area contributed by atoms with Crippen LogP contribution in [0.4, 0.5) is 0 Å². The van der Waals surface area contributed by atoms with Gasteiger partial charge in [-0.2, -0.15) is 5.10 Å². The molecule has 1 saturated heterocycles. The lowest BCUT2D eigenvalue weighted by molar-refractivity contribution is 0.0675. The first-order chi connectivity index (χ1) is 12.6. The van der Waals surface area contributed by atoms with Gasteiger partial charge in [-0.15, -0.1) is 0 Å². The third-order valence-corrected chi connectivity index (χ3v) is 5.70. The molecule has 0 radical (unpaired) electrons. The van der Waals surface area contributed by atoms with Gasteiger partial charge in [0.1, 0.15) is 5.69 Å². The fraction of sp³-hybridized carbons (Fsp3) is 0.429. The van der Waals surface area contributed by atoms with E-state index in [0.717, 1.165) is 55.5 Å². The Morgan fingerprint density at radius 1 is 1.23 bits per heavy atom. The second-order valence-corrected chi connectivity index (χ2v) is 7.39. The predicted molar refractivity (Wildman–Crippen MR) is 103 cm³/mol. The molecule has 3 aromatic rings. The monoisotopic (exact) mass is 350 g/mol. The smallest absolute Gasteiger partial charge is 0.270 e. The quantitative estimate of drug-likeness (QED) is 0.721. The van der Waals surface area contributed by atoms with Crippen LogP contribution in [0.25, 0.3) is 10.9 Å². The minimum absolute atomic E-state index is 0.161. The molecule has 1 amide bonds. The molecule has 0 N–H and O–H groups in total. The summed E-state index contributed by atoms with van der Waals surface area (Å²) in [5, 5.41) is 5.41. The van der Waals surface area contributed by atoms with Gasteiger partial charge in [0.15, 0.2) is 0 Å². The lowest BCUT2D eigenvalue weighted by Crippen LogP contribution is -2.39. The van der Waals surface area contributed by atoms with E-state index in [-0.39, 0.29) is 5.91 Å². The third-order valence-electron chi connectivity index (χ3n) is 5.70. The zero-order valence-corrected chi connectivity index (χ0v) is 15.6. The topological polar surface area (TPSA) is 43.1 Å². The molecular weight excluding hydrogens is 324 g/mol. The minimum atomic E-state index is 0.161. The normalized spacial score (nSPS) is 15.7. The van der Waals surface area contributed by atoms with Crippen LogP contribution in [0.2, 0.25) is 0 Å². The van der Waals surface area contributed by atoms with Crippen molar-refractivity contribution < 1.29 is 4.79 Å². The molecular formula is C21H26N4O. The van der Waals surface area contributed by atoms with Crippen LogP contribution in [0.5, 0.6) is 0 Å². The van der Waals surface area contributed by atoms with Crippen LogP contribution in [0, 0.1) is 12.8 Å². The van der Waals surface area contributed by atoms with Gasteiger partial charge in [0.05, 0.1) is 5.52 Å². The Kier molecular flexibility index (Phi) is 4.53. The van der Waals surface area contributed by atoms with E-state index in [1.807, 2.05) is 41.2 Å². The summed E-state index contributed by atoms with van der Waals surface area (Å²) in [5.74, 6) is 0.839. The number of carbonyl (C=O) groups excluding carboxylic acids is 1. The Hall–Kier alpha value is -2.56. The van der Waals surface area contributed by atoms with Crippen molar-refractivity contribution in [2.24, 2.45) is 13.0 Å². The standard InChI is InChI=1S/C21H26N4O/c1-16-5-3-6-18-15-19(23(2)20(16)18)21(26)24-12-7-17(8-13-24)9-14-25-11-4-10-22-25/h3-6,10-11,15,17H,7-9,12-14H2,1-2H3. The van der Waals surface area contributed by atoms with Gasteiger partial charge in [-0.1, -0.05) is 18.2 Å². The average molecular weight is 350 g/mol. The molecule has 0 saturated carbocycles. The van der Waals surface area contributed by atoms with E-state index in [2.05, 4.69) is 34.8 Å². The fourth-order valence-electron chi connectivity index (χ4n) is 4.16. The lowest BCUT2D eigenvalue weighted by atomic mass is 9.93. The zero-order valence-electron chi connectivity index (χ0n) is 15.6. The van der Waals surface area contributed by atoms with Crippen LogP contribution in [0.1, 0.15) is 35.3 Å². The highest BCUT2D eigenvalue weighted by molar-refractivity contribution is 5.99. The van der Waals surface area contributed by atoms with Crippen molar-refractivity contribution >= 4 is 16.8 Å². The van der Waals surface area contributed by atoms with Crippen LogP contribution in [0.3, 0.4) is 0 Å². The second-order valence-electron chi connectivity index (χ2n) is 7.39. The van der Waals surface area contributed by atoms with Crippen LogP contribution < -0.4 is 0 Å². The van der Waals surface area contributed by atoms with Crippen molar-refractivity contribution in [1.29, 1.82) is 0 Å². The predicted octanol–water partition coefficient (Wildman–Crippen LogP) is 3.63. The number of amides is 1. The van der Waals surface area contributed by atoms with E-state index in [1.54, 1.807) is 0 Å². The molecule has 0 spiro atoms. The number of aromatic nitrogens is 3. The molecule has 5 nitrogen and oxygen atoms in total. The number of rotatable bonds is 4. The maximum Gasteiger partial charge on any atom is 0.270 e. The number of hydrogen-bond acceptors (Lipinski definition) is 2. The van der Waals surface area contributed by atoms with E-state index in [9.17, 15) is 4.79 Å². The first kappa shape index (κ1) is 16.9. The zero-order chi connectivity index (χ0) is 18.1. The van der Waals surface area contributed by atoms with Gasteiger partial charge < -0.3 is 9.47 Å². The summed E-state index contributed by atoms with van der Waals surface area (Å²) in [4.78, 5) is 15.1. The van der Waals surface area contributed by atoms with E-state index in [1.165, 1.54) is 5.56 Å². The van der Waals surface area contributed by atoms with E-state index in [0.29, 0.717) is 5.92 Å². The molecule has 1 aliphatic heterocycles. The third kappa shape index (κ3) is 3.14. The van der Waals surface area contributed by atoms with Crippen molar-refractivity contribution in [1.82, 2.24) is 19.2 Å². The maximum absolute atomic E-state index is 13.0. The number of fused-ring (bicyclic) bond motifs is 1. The lowest BCUT2D eigenvalue weighted by Gasteiger charge is -2.32. The molecule has 5 heteroatoms. The van der Waals surface area contributed by atoms with E-state index >= 15 is 0 Å². The number of nitrogens with zero attached hydrogens (tertiary/aromatic N) is 4. The number of benzene rings is 1. The molecule has 1 aliphatic rings. The summed E-state index contributed by atoms with van der Waals surface area (Å²) in [6.45, 7) is 4.77. The Bertz CT molecular complexity index is 902. The number of aryl methyl sites for hydroxylation is 3.